The third-order valence-corrected chi connectivity index (χ3v) is 5.52. The Hall–Kier alpha value is -2.09. The lowest BCUT2D eigenvalue weighted by Crippen LogP contribution is -2.34. The minimum Gasteiger partial charge on any atom is -0.481 e. The number of hydrogen-bond acceptors (Lipinski definition) is 5. The van der Waals surface area contributed by atoms with E-state index in [0.717, 1.165) is 28.8 Å². The predicted molar refractivity (Wildman–Crippen MR) is 118 cm³/mol. The topological polar surface area (TPSA) is 76.8 Å². The van der Waals surface area contributed by atoms with Gasteiger partial charge in [0.2, 0.25) is 0 Å². The maximum atomic E-state index is 9.00. The van der Waals surface area contributed by atoms with Crippen LogP contribution >= 0.6 is 35.2 Å². The van der Waals surface area contributed by atoms with Crippen molar-refractivity contribution in [1.29, 1.82) is 5.41 Å². The summed E-state index contributed by atoms with van der Waals surface area (Å²) in [4.78, 5) is 17.4. The van der Waals surface area contributed by atoms with Crippen LogP contribution in [-0.2, 0) is 4.79 Å². The lowest BCUT2D eigenvalue weighted by molar-refractivity contribution is -0.134. The molecule has 0 fully saturated rings. The highest BCUT2D eigenvalue weighted by Crippen LogP contribution is 2.39. The van der Waals surface area contributed by atoms with Gasteiger partial charge in [-0.2, -0.15) is 0 Å². The van der Waals surface area contributed by atoms with Crippen LogP contribution in [0.5, 0.6) is 0 Å². The van der Waals surface area contributed by atoms with Crippen LogP contribution < -0.4 is 4.90 Å². The second-order valence-corrected chi connectivity index (χ2v) is 8.19. The first-order chi connectivity index (χ1) is 12.6. The monoisotopic (exact) mass is 421 g/mol. The number of thiocarbonyl (C=S) groups is 1. The van der Waals surface area contributed by atoms with Gasteiger partial charge in [-0.25, -0.2) is 0 Å². The Morgan fingerprint density at radius 1 is 1.30 bits per heavy atom. The summed E-state index contributed by atoms with van der Waals surface area (Å²) in [6.07, 6.45) is 0. The number of carbonyl (C=O) groups is 1. The molecule has 0 bridgehead atoms. The maximum absolute atomic E-state index is 9.00. The third-order valence-electron chi connectivity index (χ3n) is 3.90. The number of thiophene rings is 1. The SMILES string of the molecule is CC(=O)O.CC(=S)N1C(=N)CN=C(c2ccc(Cl)cc2)c2c1sc(C)c2C. The normalized spacial score (nSPS) is 13.1. The smallest absolute Gasteiger partial charge is 0.300 e. The molecule has 1 aliphatic rings. The molecule has 1 aromatic carbocycles. The van der Waals surface area contributed by atoms with Crippen LogP contribution in [0.1, 0.15) is 35.4 Å². The van der Waals surface area contributed by atoms with E-state index in [1.165, 1.54) is 10.4 Å². The molecule has 142 valence electrons. The van der Waals surface area contributed by atoms with Gasteiger partial charge in [0.15, 0.2) is 0 Å². The molecule has 0 saturated carbocycles. The molecule has 0 radical (unpaired) electrons. The molecule has 0 amide bonds. The number of carboxylic acid groups (broad SMARTS) is 1. The summed E-state index contributed by atoms with van der Waals surface area (Å²) in [6, 6.07) is 7.68. The van der Waals surface area contributed by atoms with E-state index < -0.39 is 5.97 Å². The van der Waals surface area contributed by atoms with Gasteiger partial charge < -0.3 is 5.11 Å². The van der Waals surface area contributed by atoms with Gasteiger partial charge in [0, 0.05) is 28.0 Å². The number of nitrogens with one attached hydrogen (secondary N) is 1. The quantitative estimate of drug-likeness (QED) is 0.628. The highest BCUT2D eigenvalue weighted by Gasteiger charge is 2.28. The van der Waals surface area contributed by atoms with Crippen molar-refractivity contribution in [3.8, 4) is 0 Å². The lowest BCUT2D eigenvalue weighted by atomic mass is 10.00. The summed E-state index contributed by atoms with van der Waals surface area (Å²) in [6.45, 7) is 7.44. The van der Waals surface area contributed by atoms with Gasteiger partial charge in [0.25, 0.3) is 5.97 Å². The highest BCUT2D eigenvalue weighted by atomic mass is 35.5. The van der Waals surface area contributed by atoms with Gasteiger partial charge in [-0.05, 0) is 38.5 Å². The minimum atomic E-state index is -0.833. The third kappa shape index (κ3) is 4.80. The van der Waals surface area contributed by atoms with Crippen molar-refractivity contribution in [1.82, 2.24) is 0 Å². The van der Waals surface area contributed by atoms with Crippen molar-refractivity contribution in [3.63, 3.8) is 0 Å². The number of fused-ring (bicyclic) bond motifs is 1. The molecule has 1 aromatic heterocycles. The number of aliphatic imine (C=N–C) groups is 1. The van der Waals surface area contributed by atoms with Gasteiger partial charge in [0.1, 0.15) is 10.8 Å². The number of halogens is 1. The molecule has 27 heavy (non-hydrogen) atoms. The molecule has 0 atom stereocenters. The van der Waals surface area contributed by atoms with E-state index in [0.29, 0.717) is 22.4 Å². The van der Waals surface area contributed by atoms with E-state index >= 15 is 0 Å². The van der Waals surface area contributed by atoms with Crippen LogP contribution in [-0.4, -0.2) is 34.2 Å². The van der Waals surface area contributed by atoms with Gasteiger partial charge >= 0.3 is 0 Å². The molecule has 2 heterocycles. The Bertz CT molecular complexity index is 929. The summed E-state index contributed by atoms with van der Waals surface area (Å²) in [5, 5.41) is 17.4. The molecular weight excluding hydrogens is 402 g/mol. The van der Waals surface area contributed by atoms with Gasteiger partial charge in [-0.1, -0.05) is 36.0 Å². The summed E-state index contributed by atoms with van der Waals surface area (Å²) < 4.78 is 0. The van der Waals surface area contributed by atoms with E-state index in [9.17, 15) is 0 Å². The Kier molecular flexibility index (Phi) is 6.86. The molecule has 0 spiro atoms. The summed E-state index contributed by atoms with van der Waals surface area (Å²) in [7, 11) is 0. The highest BCUT2D eigenvalue weighted by molar-refractivity contribution is 7.80. The first-order valence-corrected chi connectivity index (χ1v) is 9.72. The van der Waals surface area contributed by atoms with Crippen molar-refractivity contribution in [2.45, 2.75) is 27.7 Å². The number of benzene rings is 1. The number of nitrogens with zero attached hydrogens (tertiary/aromatic N) is 2. The molecule has 8 heteroatoms. The Morgan fingerprint density at radius 2 is 1.85 bits per heavy atom. The molecule has 5 nitrogen and oxygen atoms in total. The van der Waals surface area contributed by atoms with Crippen molar-refractivity contribution in [2.24, 2.45) is 4.99 Å². The van der Waals surface area contributed by atoms with E-state index in [4.69, 9.17) is 44.1 Å². The van der Waals surface area contributed by atoms with Crippen LogP contribution in [0.2, 0.25) is 5.02 Å². The zero-order valence-electron chi connectivity index (χ0n) is 15.5. The number of amidine groups is 1. The maximum Gasteiger partial charge on any atom is 0.300 e. The van der Waals surface area contributed by atoms with E-state index in [2.05, 4.69) is 13.8 Å². The van der Waals surface area contributed by atoms with Crippen molar-refractivity contribution < 1.29 is 9.90 Å². The largest absolute Gasteiger partial charge is 0.481 e. The van der Waals surface area contributed by atoms with E-state index in [1.807, 2.05) is 36.1 Å². The second-order valence-electron chi connectivity index (χ2n) is 5.96. The molecule has 0 saturated heterocycles. The summed E-state index contributed by atoms with van der Waals surface area (Å²) >= 11 is 13.0. The molecule has 3 rings (SSSR count). The van der Waals surface area contributed by atoms with E-state index in [-0.39, 0.29) is 0 Å². The number of anilines is 1. The van der Waals surface area contributed by atoms with Gasteiger partial charge in [-0.15, -0.1) is 11.3 Å². The Labute approximate surface area is 172 Å². The van der Waals surface area contributed by atoms with Crippen LogP contribution in [0.15, 0.2) is 29.3 Å². The van der Waals surface area contributed by atoms with Crippen LogP contribution in [0.4, 0.5) is 5.00 Å². The fourth-order valence-electron chi connectivity index (χ4n) is 2.65. The van der Waals surface area contributed by atoms with Crippen LogP contribution in [0.3, 0.4) is 0 Å². The molecule has 2 aromatic rings. The predicted octanol–water partition coefficient (Wildman–Crippen LogP) is 5.09. The minimum absolute atomic E-state index is 0.311. The Balaban J connectivity index is 0.000000596. The van der Waals surface area contributed by atoms with Crippen molar-refractivity contribution in [3.05, 3.63) is 50.9 Å². The standard InChI is InChI=1S/C17H16ClN3S2.C2H4O2/c1-9-10(2)23-17-15(9)16(12-4-6-13(18)7-5-12)20-8-14(19)21(17)11(3)22;1-2(3)4/h4-7,19H,8H2,1-3H3;1H3,(H,3,4). The summed E-state index contributed by atoms with van der Waals surface area (Å²) in [5.41, 5.74) is 4.17. The zero-order chi connectivity index (χ0) is 20.3. The summed E-state index contributed by atoms with van der Waals surface area (Å²) in [5.74, 6) is -0.427. The lowest BCUT2D eigenvalue weighted by Gasteiger charge is -2.21. The fourth-order valence-corrected chi connectivity index (χ4v) is 4.27. The number of rotatable bonds is 1. The molecule has 2 N–H and O–H groups in total. The molecular formula is C19H20ClN3O2S2. The van der Waals surface area contributed by atoms with Crippen molar-refractivity contribution in [2.75, 3.05) is 11.4 Å². The average Bonchev–Trinajstić information content (AvgIpc) is 2.75. The number of carboxylic acids is 1. The van der Waals surface area contributed by atoms with E-state index in [1.54, 1.807) is 11.3 Å². The molecule has 1 aliphatic heterocycles. The average molecular weight is 422 g/mol. The molecule has 0 aliphatic carbocycles. The zero-order valence-corrected chi connectivity index (χ0v) is 17.8. The van der Waals surface area contributed by atoms with Crippen molar-refractivity contribution >= 4 is 62.7 Å². The second kappa shape index (κ2) is 8.73. The van der Waals surface area contributed by atoms with Gasteiger partial charge in [-0.3, -0.25) is 20.1 Å². The first-order valence-electron chi connectivity index (χ1n) is 8.11. The Morgan fingerprint density at radius 3 is 2.37 bits per heavy atom. The molecule has 0 unspecified atom stereocenters. The van der Waals surface area contributed by atoms with Crippen LogP contribution in [0, 0.1) is 19.3 Å². The first kappa shape index (κ1) is 21.2. The number of aryl methyl sites for hydroxylation is 1. The van der Waals surface area contributed by atoms with Crippen LogP contribution in [0.25, 0.3) is 0 Å². The van der Waals surface area contributed by atoms with Gasteiger partial charge in [0.05, 0.1) is 17.2 Å². The fraction of sp³-hybridized carbons (Fsp3) is 0.263. The number of aliphatic carboxylic acids is 1. The number of hydrogen-bond donors (Lipinski definition) is 2.